The van der Waals surface area contributed by atoms with Crippen molar-refractivity contribution >= 4 is 22.4 Å². The summed E-state index contributed by atoms with van der Waals surface area (Å²) >= 11 is 0. The van der Waals surface area contributed by atoms with Gasteiger partial charge in [0.1, 0.15) is 11.9 Å². The quantitative estimate of drug-likeness (QED) is 0.648. The standard InChI is InChI=1S/C22H31N7O2/c1-14(2)10-28-19-8-18(21-17(23)13-29(25-21)20-6-4-5-7-31-20)24-9-16(19)22(26-28)27-11-15(12-27)30-3/h8-9,13-15,20H,4-7,10-12,23H2,1-3H3. The van der Waals surface area contributed by atoms with Crippen molar-refractivity contribution in [1.29, 1.82) is 0 Å². The summed E-state index contributed by atoms with van der Waals surface area (Å²) in [5, 5.41) is 10.7. The van der Waals surface area contributed by atoms with Crippen molar-refractivity contribution in [2.45, 2.75) is 52.0 Å². The number of rotatable bonds is 6. The molecule has 2 fully saturated rings. The lowest BCUT2D eigenvalue weighted by atomic mass is 10.1. The number of hydrogen-bond donors (Lipinski definition) is 1. The molecule has 0 aliphatic carbocycles. The van der Waals surface area contributed by atoms with Crippen LogP contribution in [0.4, 0.5) is 11.5 Å². The fraction of sp³-hybridized carbons (Fsp3) is 0.591. The van der Waals surface area contributed by atoms with E-state index in [-0.39, 0.29) is 12.3 Å². The molecule has 9 nitrogen and oxygen atoms in total. The third-order valence-electron chi connectivity index (χ3n) is 6.09. The number of hydrogen-bond acceptors (Lipinski definition) is 7. The highest BCUT2D eigenvalue weighted by Gasteiger charge is 2.30. The Labute approximate surface area is 182 Å². The van der Waals surface area contributed by atoms with Gasteiger partial charge in [0.15, 0.2) is 5.82 Å². The summed E-state index contributed by atoms with van der Waals surface area (Å²) in [5.41, 5.74) is 9.45. The van der Waals surface area contributed by atoms with E-state index < -0.39 is 0 Å². The minimum Gasteiger partial charge on any atom is -0.396 e. The van der Waals surface area contributed by atoms with Crippen molar-refractivity contribution < 1.29 is 9.47 Å². The van der Waals surface area contributed by atoms with Gasteiger partial charge in [0.25, 0.3) is 0 Å². The summed E-state index contributed by atoms with van der Waals surface area (Å²) in [6, 6.07) is 2.06. The number of methoxy groups -OCH3 is 1. The molecule has 2 saturated heterocycles. The van der Waals surface area contributed by atoms with E-state index in [1.54, 1.807) is 7.11 Å². The van der Waals surface area contributed by atoms with Gasteiger partial charge >= 0.3 is 0 Å². The Morgan fingerprint density at radius 3 is 2.81 bits per heavy atom. The monoisotopic (exact) mass is 425 g/mol. The maximum Gasteiger partial charge on any atom is 0.160 e. The first-order valence-corrected chi connectivity index (χ1v) is 11.1. The number of nitrogens with two attached hydrogens (primary N) is 1. The van der Waals surface area contributed by atoms with E-state index in [1.165, 1.54) is 0 Å². The van der Waals surface area contributed by atoms with Gasteiger partial charge in [-0.25, -0.2) is 4.68 Å². The molecular formula is C22H31N7O2. The predicted octanol–water partition coefficient (Wildman–Crippen LogP) is 3.07. The van der Waals surface area contributed by atoms with E-state index in [0.29, 0.717) is 17.3 Å². The lowest BCUT2D eigenvalue weighted by Crippen LogP contribution is -2.52. The number of aromatic nitrogens is 5. The van der Waals surface area contributed by atoms with E-state index in [1.807, 2.05) is 17.1 Å². The average molecular weight is 426 g/mol. The van der Waals surface area contributed by atoms with Crippen LogP contribution < -0.4 is 10.6 Å². The summed E-state index contributed by atoms with van der Waals surface area (Å²) in [7, 11) is 1.76. The summed E-state index contributed by atoms with van der Waals surface area (Å²) in [4.78, 5) is 6.97. The molecule has 0 bridgehead atoms. The Morgan fingerprint density at radius 1 is 1.26 bits per heavy atom. The van der Waals surface area contributed by atoms with Crippen LogP contribution in [-0.4, -0.2) is 57.5 Å². The number of nitrogen functional groups attached to an aromatic ring is 1. The van der Waals surface area contributed by atoms with Gasteiger partial charge in [-0.15, -0.1) is 0 Å². The third-order valence-corrected chi connectivity index (χ3v) is 6.09. The summed E-state index contributed by atoms with van der Waals surface area (Å²) < 4.78 is 15.2. The number of ether oxygens (including phenoxy) is 2. The Bertz CT molecular complexity index is 1060. The molecule has 2 N–H and O–H groups in total. The Kier molecular flexibility index (Phi) is 5.31. The van der Waals surface area contributed by atoms with Gasteiger partial charge in [-0.2, -0.15) is 10.2 Å². The normalized spacial score (nSPS) is 20.0. The molecule has 5 heterocycles. The number of pyridine rings is 1. The Hall–Kier alpha value is -2.65. The largest absolute Gasteiger partial charge is 0.396 e. The molecule has 2 aliphatic heterocycles. The smallest absolute Gasteiger partial charge is 0.160 e. The summed E-state index contributed by atoms with van der Waals surface area (Å²) in [5.74, 6) is 1.44. The lowest BCUT2D eigenvalue weighted by Gasteiger charge is -2.38. The van der Waals surface area contributed by atoms with Crippen molar-refractivity contribution in [2.75, 3.05) is 37.4 Å². The number of fused-ring (bicyclic) bond motifs is 1. The first-order valence-electron chi connectivity index (χ1n) is 11.1. The maximum atomic E-state index is 6.33. The zero-order valence-corrected chi connectivity index (χ0v) is 18.5. The second-order valence-corrected chi connectivity index (χ2v) is 8.98. The molecule has 3 aromatic heterocycles. The van der Waals surface area contributed by atoms with Gasteiger partial charge < -0.3 is 20.1 Å². The van der Waals surface area contributed by atoms with Crippen LogP contribution in [0.25, 0.3) is 22.3 Å². The molecule has 2 aliphatic rings. The number of anilines is 2. The first kappa shape index (κ1) is 20.3. The molecular weight excluding hydrogens is 394 g/mol. The van der Waals surface area contributed by atoms with Gasteiger partial charge in [0.05, 0.1) is 34.6 Å². The van der Waals surface area contributed by atoms with Crippen LogP contribution >= 0.6 is 0 Å². The SMILES string of the molecule is COC1CN(c2nn(CC(C)C)c3cc(-c4nn(C5CCCCO5)cc4N)ncc23)C1. The van der Waals surface area contributed by atoms with Crippen molar-refractivity contribution in [2.24, 2.45) is 5.92 Å². The summed E-state index contributed by atoms with van der Waals surface area (Å²) in [6.45, 7) is 7.70. The molecule has 0 radical (unpaired) electrons. The van der Waals surface area contributed by atoms with Crippen LogP contribution in [0.2, 0.25) is 0 Å². The molecule has 0 saturated carbocycles. The molecule has 31 heavy (non-hydrogen) atoms. The predicted molar refractivity (Wildman–Crippen MR) is 120 cm³/mol. The third kappa shape index (κ3) is 3.76. The Balaban J connectivity index is 1.51. The van der Waals surface area contributed by atoms with E-state index in [0.717, 1.165) is 67.9 Å². The zero-order chi connectivity index (χ0) is 21.5. The minimum absolute atomic E-state index is 0.0493. The van der Waals surface area contributed by atoms with Crippen LogP contribution in [0, 0.1) is 5.92 Å². The van der Waals surface area contributed by atoms with Crippen LogP contribution in [0.1, 0.15) is 39.3 Å². The van der Waals surface area contributed by atoms with Gasteiger partial charge in [0, 0.05) is 39.5 Å². The lowest BCUT2D eigenvalue weighted by molar-refractivity contribution is -0.0393. The van der Waals surface area contributed by atoms with Gasteiger partial charge in [-0.3, -0.25) is 9.67 Å². The molecule has 9 heteroatoms. The zero-order valence-electron chi connectivity index (χ0n) is 18.5. The second kappa shape index (κ2) is 8.12. The van der Waals surface area contributed by atoms with Crippen LogP contribution in [0.5, 0.6) is 0 Å². The van der Waals surface area contributed by atoms with E-state index >= 15 is 0 Å². The van der Waals surface area contributed by atoms with Crippen molar-refractivity contribution in [1.82, 2.24) is 24.5 Å². The van der Waals surface area contributed by atoms with Gasteiger partial charge in [0.2, 0.25) is 0 Å². The van der Waals surface area contributed by atoms with Crippen LogP contribution in [-0.2, 0) is 16.0 Å². The fourth-order valence-electron chi connectivity index (χ4n) is 4.35. The molecule has 0 aromatic carbocycles. The molecule has 3 aromatic rings. The topological polar surface area (TPSA) is 96.2 Å². The maximum absolute atomic E-state index is 6.33. The van der Waals surface area contributed by atoms with Crippen molar-refractivity contribution in [3.8, 4) is 11.4 Å². The highest BCUT2D eigenvalue weighted by molar-refractivity contribution is 5.92. The van der Waals surface area contributed by atoms with Crippen LogP contribution in [0.15, 0.2) is 18.5 Å². The highest BCUT2D eigenvalue weighted by atomic mass is 16.5. The second-order valence-electron chi connectivity index (χ2n) is 8.98. The van der Waals surface area contributed by atoms with Crippen LogP contribution in [0.3, 0.4) is 0 Å². The van der Waals surface area contributed by atoms with Crippen molar-refractivity contribution in [3.63, 3.8) is 0 Å². The van der Waals surface area contributed by atoms with Gasteiger partial charge in [-0.1, -0.05) is 13.8 Å². The molecule has 166 valence electrons. The Morgan fingerprint density at radius 2 is 2.10 bits per heavy atom. The molecule has 0 spiro atoms. The molecule has 1 atom stereocenters. The van der Waals surface area contributed by atoms with Gasteiger partial charge in [-0.05, 0) is 31.2 Å². The minimum atomic E-state index is -0.0493. The van der Waals surface area contributed by atoms with E-state index in [2.05, 4.69) is 29.5 Å². The fourth-order valence-corrected chi connectivity index (χ4v) is 4.35. The van der Waals surface area contributed by atoms with Crippen molar-refractivity contribution in [3.05, 3.63) is 18.5 Å². The molecule has 5 rings (SSSR count). The average Bonchev–Trinajstić information content (AvgIpc) is 3.28. The molecule has 1 unspecified atom stereocenters. The molecule has 0 amide bonds. The number of nitrogens with zero attached hydrogens (tertiary/aromatic N) is 6. The summed E-state index contributed by atoms with van der Waals surface area (Å²) in [6.07, 6.45) is 7.17. The first-order chi connectivity index (χ1) is 15.0. The highest BCUT2D eigenvalue weighted by Crippen LogP contribution is 2.34. The van der Waals surface area contributed by atoms with E-state index in [9.17, 15) is 0 Å². The van der Waals surface area contributed by atoms with E-state index in [4.69, 9.17) is 30.4 Å².